The number of ether oxygens (including phenoxy) is 1. The standard InChI is InChI=1S/C12H13NO2/c1-4-9-5-6-10(7-13)11(8(2)14)12(9)15-3/h5-6H,4H2,1-3H3. The first-order valence-corrected chi connectivity index (χ1v) is 4.76. The Kier molecular flexibility index (Phi) is 3.46. The minimum absolute atomic E-state index is 0.140. The van der Waals surface area contributed by atoms with E-state index in [1.54, 1.807) is 6.07 Å². The minimum Gasteiger partial charge on any atom is -0.496 e. The van der Waals surface area contributed by atoms with Crippen molar-refractivity contribution >= 4 is 5.78 Å². The Morgan fingerprint density at radius 2 is 2.20 bits per heavy atom. The Hall–Kier alpha value is -1.82. The largest absolute Gasteiger partial charge is 0.496 e. The van der Waals surface area contributed by atoms with Crippen molar-refractivity contribution in [1.82, 2.24) is 0 Å². The Bertz CT molecular complexity index is 430. The van der Waals surface area contributed by atoms with E-state index in [0.29, 0.717) is 16.9 Å². The van der Waals surface area contributed by atoms with Crippen LogP contribution >= 0.6 is 0 Å². The average molecular weight is 203 g/mol. The summed E-state index contributed by atoms with van der Waals surface area (Å²) in [5.41, 5.74) is 1.71. The number of carbonyl (C=O) groups is 1. The van der Waals surface area contributed by atoms with Gasteiger partial charge in [0.1, 0.15) is 11.8 Å². The van der Waals surface area contributed by atoms with Crippen molar-refractivity contribution in [3.8, 4) is 11.8 Å². The van der Waals surface area contributed by atoms with Crippen LogP contribution in [-0.2, 0) is 6.42 Å². The first-order chi connectivity index (χ1) is 7.15. The second-order valence-electron chi connectivity index (χ2n) is 3.20. The van der Waals surface area contributed by atoms with E-state index in [1.165, 1.54) is 14.0 Å². The van der Waals surface area contributed by atoms with Crippen LogP contribution < -0.4 is 4.74 Å². The number of carbonyl (C=O) groups excluding carboxylic acids is 1. The maximum absolute atomic E-state index is 11.4. The molecule has 0 aliphatic heterocycles. The van der Waals surface area contributed by atoms with Crippen LogP contribution in [0.3, 0.4) is 0 Å². The van der Waals surface area contributed by atoms with Gasteiger partial charge in [-0.3, -0.25) is 4.79 Å². The summed E-state index contributed by atoms with van der Waals surface area (Å²) >= 11 is 0. The lowest BCUT2D eigenvalue weighted by atomic mass is 9.99. The van der Waals surface area contributed by atoms with E-state index in [4.69, 9.17) is 10.00 Å². The predicted molar refractivity (Wildman–Crippen MR) is 57.1 cm³/mol. The highest BCUT2D eigenvalue weighted by Gasteiger charge is 2.16. The number of methoxy groups -OCH3 is 1. The number of benzene rings is 1. The van der Waals surface area contributed by atoms with Crippen molar-refractivity contribution in [1.29, 1.82) is 5.26 Å². The van der Waals surface area contributed by atoms with Gasteiger partial charge >= 0.3 is 0 Å². The molecule has 3 nitrogen and oxygen atoms in total. The highest BCUT2D eigenvalue weighted by molar-refractivity contribution is 5.99. The zero-order chi connectivity index (χ0) is 11.4. The van der Waals surface area contributed by atoms with Crippen molar-refractivity contribution in [2.75, 3.05) is 7.11 Å². The molecule has 0 aromatic heterocycles. The molecule has 1 rings (SSSR count). The molecule has 0 aliphatic carbocycles. The molecule has 0 fully saturated rings. The van der Waals surface area contributed by atoms with Gasteiger partial charge in [0.2, 0.25) is 0 Å². The number of hydrogen-bond acceptors (Lipinski definition) is 3. The van der Waals surface area contributed by atoms with Crippen LogP contribution in [0.5, 0.6) is 5.75 Å². The second kappa shape index (κ2) is 4.61. The van der Waals surface area contributed by atoms with E-state index < -0.39 is 0 Å². The third kappa shape index (κ3) is 1.99. The molecule has 0 amide bonds. The summed E-state index contributed by atoms with van der Waals surface area (Å²) in [6.07, 6.45) is 0.773. The summed E-state index contributed by atoms with van der Waals surface area (Å²) in [7, 11) is 1.52. The minimum atomic E-state index is -0.140. The molecule has 0 heterocycles. The summed E-state index contributed by atoms with van der Waals surface area (Å²) in [5.74, 6) is 0.391. The van der Waals surface area contributed by atoms with Crippen molar-refractivity contribution in [2.45, 2.75) is 20.3 Å². The quantitative estimate of drug-likeness (QED) is 0.708. The lowest BCUT2D eigenvalue weighted by molar-refractivity contribution is 0.101. The molecule has 0 saturated carbocycles. The molecular weight excluding hydrogens is 190 g/mol. The third-order valence-electron chi connectivity index (χ3n) is 2.30. The zero-order valence-corrected chi connectivity index (χ0v) is 9.13. The van der Waals surface area contributed by atoms with Gasteiger partial charge in [0, 0.05) is 0 Å². The molecule has 0 atom stereocenters. The topological polar surface area (TPSA) is 50.1 Å². The maximum atomic E-state index is 11.4. The molecule has 3 heteroatoms. The number of rotatable bonds is 3. The van der Waals surface area contributed by atoms with Gasteiger partial charge in [0.05, 0.1) is 18.2 Å². The van der Waals surface area contributed by atoms with Crippen LogP contribution in [0.4, 0.5) is 0 Å². The monoisotopic (exact) mass is 203 g/mol. The van der Waals surface area contributed by atoms with Crippen molar-refractivity contribution in [2.24, 2.45) is 0 Å². The molecule has 0 radical (unpaired) electrons. The summed E-state index contributed by atoms with van der Waals surface area (Å²) in [4.78, 5) is 11.4. The number of nitrogens with zero attached hydrogens (tertiary/aromatic N) is 1. The van der Waals surface area contributed by atoms with Crippen molar-refractivity contribution < 1.29 is 9.53 Å². The van der Waals surface area contributed by atoms with Gasteiger partial charge in [-0.25, -0.2) is 0 Å². The molecule has 0 saturated heterocycles. The average Bonchev–Trinajstić information content (AvgIpc) is 2.26. The van der Waals surface area contributed by atoms with Gasteiger partial charge in [-0.05, 0) is 25.0 Å². The SMILES string of the molecule is CCc1ccc(C#N)c(C(C)=O)c1OC. The number of nitriles is 1. The fourth-order valence-electron chi connectivity index (χ4n) is 1.58. The lowest BCUT2D eigenvalue weighted by Gasteiger charge is -2.11. The Balaban J connectivity index is 3.53. The van der Waals surface area contributed by atoms with E-state index in [0.717, 1.165) is 12.0 Å². The highest BCUT2D eigenvalue weighted by Crippen LogP contribution is 2.27. The van der Waals surface area contributed by atoms with Crippen LogP contribution in [0.1, 0.15) is 35.3 Å². The molecule has 0 unspecified atom stereocenters. The summed E-state index contributed by atoms with van der Waals surface area (Å²) in [6.45, 7) is 3.42. The second-order valence-corrected chi connectivity index (χ2v) is 3.20. The molecular formula is C12H13NO2. The summed E-state index contributed by atoms with van der Waals surface area (Å²) in [6, 6.07) is 5.49. The van der Waals surface area contributed by atoms with Crippen molar-refractivity contribution in [3.05, 3.63) is 28.8 Å². The molecule has 0 aliphatic rings. The number of aryl methyl sites for hydroxylation is 1. The van der Waals surface area contributed by atoms with Crippen LogP contribution in [-0.4, -0.2) is 12.9 Å². The Labute approximate surface area is 89.3 Å². The molecule has 0 bridgehead atoms. The molecule has 78 valence electrons. The van der Waals surface area contributed by atoms with E-state index in [2.05, 4.69) is 0 Å². The smallest absolute Gasteiger partial charge is 0.164 e. The number of Topliss-reactive ketones (excluding diaryl/α,β-unsaturated/α-hetero) is 1. The molecule has 1 aromatic carbocycles. The van der Waals surface area contributed by atoms with Gasteiger partial charge in [-0.1, -0.05) is 13.0 Å². The van der Waals surface area contributed by atoms with Crippen molar-refractivity contribution in [3.63, 3.8) is 0 Å². The van der Waals surface area contributed by atoms with E-state index in [-0.39, 0.29) is 5.78 Å². The first-order valence-electron chi connectivity index (χ1n) is 4.76. The summed E-state index contributed by atoms with van der Waals surface area (Å²) in [5, 5.41) is 8.89. The fraction of sp³-hybridized carbons (Fsp3) is 0.333. The van der Waals surface area contributed by atoms with Gasteiger partial charge in [0.15, 0.2) is 5.78 Å². The Morgan fingerprint density at radius 3 is 2.60 bits per heavy atom. The van der Waals surface area contributed by atoms with Gasteiger partial charge in [0.25, 0.3) is 0 Å². The highest BCUT2D eigenvalue weighted by atomic mass is 16.5. The van der Waals surface area contributed by atoms with E-state index >= 15 is 0 Å². The van der Waals surface area contributed by atoms with E-state index in [1.807, 2.05) is 19.1 Å². The van der Waals surface area contributed by atoms with Crippen LogP contribution in [0, 0.1) is 11.3 Å². The number of hydrogen-bond donors (Lipinski definition) is 0. The fourth-order valence-corrected chi connectivity index (χ4v) is 1.58. The lowest BCUT2D eigenvalue weighted by Crippen LogP contribution is -2.04. The van der Waals surface area contributed by atoms with Crippen LogP contribution in [0.25, 0.3) is 0 Å². The number of ketones is 1. The van der Waals surface area contributed by atoms with Gasteiger partial charge in [-0.15, -0.1) is 0 Å². The van der Waals surface area contributed by atoms with Gasteiger partial charge in [-0.2, -0.15) is 5.26 Å². The van der Waals surface area contributed by atoms with Crippen LogP contribution in [0.2, 0.25) is 0 Å². The van der Waals surface area contributed by atoms with Gasteiger partial charge < -0.3 is 4.74 Å². The normalized spacial score (nSPS) is 9.47. The van der Waals surface area contributed by atoms with E-state index in [9.17, 15) is 4.79 Å². The summed E-state index contributed by atoms with van der Waals surface area (Å²) < 4.78 is 5.20. The first kappa shape index (κ1) is 11.3. The maximum Gasteiger partial charge on any atom is 0.164 e. The Morgan fingerprint density at radius 1 is 1.53 bits per heavy atom. The predicted octanol–water partition coefficient (Wildman–Crippen LogP) is 2.33. The molecule has 1 aromatic rings. The molecule has 0 spiro atoms. The third-order valence-corrected chi connectivity index (χ3v) is 2.30. The van der Waals surface area contributed by atoms with Crippen LogP contribution in [0.15, 0.2) is 12.1 Å². The zero-order valence-electron chi connectivity index (χ0n) is 9.13. The molecule has 15 heavy (non-hydrogen) atoms. The molecule has 0 N–H and O–H groups in total.